The molecule has 0 spiro atoms. The van der Waals surface area contributed by atoms with Gasteiger partial charge in [0.1, 0.15) is 17.6 Å². The quantitative estimate of drug-likeness (QED) is 0.756. The zero-order valence-electron chi connectivity index (χ0n) is 11.0. The van der Waals surface area contributed by atoms with E-state index in [0.29, 0.717) is 10.6 Å². The molecule has 2 N–H and O–H groups in total. The molecule has 0 aliphatic heterocycles. The third-order valence-corrected chi connectivity index (χ3v) is 4.67. The lowest BCUT2D eigenvalue weighted by Crippen LogP contribution is -2.27. The Balaban J connectivity index is 1.61. The molecule has 0 bridgehead atoms. The minimum atomic E-state index is -0.859. The van der Waals surface area contributed by atoms with Crippen LogP contribution in [0.3, 0.4) is 0 Å². The van der Waals surface area contributed by atoms with Crippen molar-refractivity contribution >= 4 is 28.6 Å². The van der Waals surface area contributed by atoms with Gasteiger partial charge in [0, 0.05) is 0 Å². The van der Waals surface area contributed by atoms with Crippen LogP contribution >= 0.6 is 22.7 Å². The van der Waals surface area contributed by atoms with Crippen molar-refractivity contribution in [1.29, 1.82) is 0 Å². The van der Waals surface area contributed by atoms with Crippen LogP contribution in [0.4, 0.5) is 0 Å². The molecule has 6 heteroatoms. The maximum Gasteiger partial charge on any atom is 0.261 e. The molecule has 3 aromatic rings. The van der Waals surface area contributed by atoms with Gasteiger partial charge in [0.25, 0.3) is 5.91 Å². The van der Waals surface area contributed by atoms with Gasteiger partial charge in [-0.05, 0) is 35.0 Å². The highest BCUT2D eigenvalue weighted by atomic mass is 32.1. The van der Waals surface area contributed by atoms with Gasteiger partial charge < -0.3 is 14.8 Å². The van der Waals surface area contributed by atoms with Crippen LogP contribution in [0.1, 0.15) is 21.5 Å². The predicted octanol–water partition coefficient (Wildman–Crippen LogP) is 3.53. The number of amides is 1. The Hall–Kier alpha value is -1.89. The monoisotopic (exact) mass is 319 g/mol. The second-order valence-corrected chi connectivity index (χ2v) is 6.28. The van der Waals surface area contributed by atoms with Gasteiger partial charge in [-0.25, -0.2) is 0 Å². The van der Waals surface area contributed by atoms with Crippen molar-refractivity contribution in [3.63, 3.8) is 0 Å². The van der Waals surface area contributed by atoms with Crippen molar-refractivity contribution < 1.29 is 14.3 Å². The Labute approximate surface area is 129 Å². The van der Waals surface area contributed by atoms with Gasteiger partial charge in [-0.2, -0.15) is 0 Å². The number of rotatable bonds is 5. The Kier molecular flexibility index (Phi) is 4.19. The number of nitrogens with one attached hydrogen (secondary N) is 1. The summed E-state index contributed by atoms with van der Waals surface area (Å²) in [6.45, 7) is 0.119. The molecule has 108 valence electrons. The summed E-state index contributed by atoms with van der Waals surface area (Å²) >= 11 is 2.94. The number of carbonyl (C=O) groups is 1. The molecule has 1 atom stereocenters. The molecule has 0 aromatic carbocycles. The average molecular weight is 319 g/mol. The van der Waals surface area contributed by atoms with E-state index in [1.54, 1.807) is 23.5 Å². The first-order chi connectivity index (χ1) is 10.2. The zero-order valence-corrected chi connectivity index (χ0v) is 12.6. The topological polar surface area (TPSA) is 62.5 Å². The van der Waals surface area contributed by atoms with Crippen LogP contribution < -0.4 is 5.32 Å². The van der Waals surface area contributed by atoms with Crippen molar-refractivity contribution in [2.24, 2.45) is 0 Å². The summed E-state index contributed by atoms with van der Waals surface area (Å²) in [5.74, 6) is 0.989. The summed E-state index contributed by atoms with van der Waals surface area (Å²) in [7, 11) is 0. The van der Waals surface area contributed by atoms with E-state index in [9.17, 15) is 9.90 Å². The summed E-state index contributed by atoms with van der Waals surface area (Å²) < 4.78 is 5.62. The highest BCUT2D eigenvalue weighted by molar-refractivity contribution is 7.13. The highest BCUT2D eigenvalue weighted by Gasteiger charge is 2.15. The molecule has 21 heavy (non-hydrogen) atoms. The van der Waals surface area contributed by atoms with Crippen LogP contribution in [-0.4, -0.2) is 17.6 Å². The van der Waals surface area contributed by atoms with E-state index in [4.69, 9.17) is 4.42 Å². The normalized spacial score (nSPS) is 12.2. The van der Waals surface area contributed by atoms with Gasteiger partial charge in [-0.15, -0.1) is 22.7 Å². The van der Waals surface area contributed by atoms with E-state index in [1.165, 1.54) is 11.3 Å². The van der Waals surface area contributed by atoms with E-state index in [0.717, 1.165) is 10.6 Å². The maximum atomic E-state index is 11.8. The molecule has 0 aliphatic rings. The first kappa shape index (κ1) is 14.1. The van der Waals surface area contributed by atoms with Crippen molar-refractivity contribution in [2.45, 2.75) is 6.10 Å². The largest absolute Gasteiger partial charge is 0.457 e. The number of aliphatic hydroxyl groups is 1. The molecule has 0 saturated heterocycles. The number of carbonyl (C=O) groups excluding carboxylic acids is 1. The number of hydrogen-bond acceptors (Lipinski definition) is 5. The molecule has 3 heterocycles. The van der Waals surface area contributed by atoms with E-state index >= 15 is 0 Å². The van der Waals surface area contributed by atoms with Gasteiger partial charge in [-0.3, -0.25) is 4.79 Å². The highest BCUT2D eigenvalue weighted by Crippen LogP contribution is 2.28. The molecule has 1 amide bonds. The standard InChI is InChI=1S/C15H13NO3S2/c17-10(9-16-15(18)14-4-2-8-21-14)11-5-6-12(19-11)13-3-1-7-20-13/h1-8,10,17H,9H2,(H,16,18). The third-order valence-electron chi connectivity index (χ3n) is 2.92. The first-order valence-corrected chi connectivity index (χ1v) is 8.13. The minimum Gasteiger partial charge on any atom is -0.457 e. The number of thiophene rings is 2. The van der Waals surface area contributed by atoms with Gasteiger partial charge in [0.05, 0.1) is 16.3 Å². The van der Waals surface area contributed by atoms with Gasteiger partial charge in [0.2, 0.25) is 0 Å². The van der Waals surface area contributed by atoms with Crippen molar-refractivity contribution in [3.8, 4) is 10.6 Å². The zero-order chi connectivity index (χ0) is 14.7. The van der Waals surface area contributed by atoms with Gasteiger partial charge >= 0.3 is 0 Å². The second kappa shape index (κ2) is 6.26. The van der Waals surface area contributed by atoms with Crippen LogP contribution in [0.5, 0.6) is 0 Å². The number of aliphatic hydroxyl groups excluding tert-OH is 1. The van der Waals surface area contributed by atoms with Crippen LogP contribution in [0, 0.1) is 0 Å². The molecule has 1 unspecified atom stereocenters. The van der Waals surface area contributed by atoms with E-state index < -0.39 is 6.10 Å². The summed E-state index contributed by atoms with van der Waals surface area (Å²) in [6.07, 6.45) is -0.859. The Morgan fingerprint density at radius 1 is 1.19 bits per heavy atom. The second-order valence-electron chi connectivity index (χ2n) is 4.38. The summed E-state index contributed by atoms with van der Waals surface area (Å²) in [4.78, 5) is 13.4. The number of hydrogen-bond donors (Lipinski definition) is 2. The van der Waals surface area contributed by atoms with Gasteiger partial charge in [0.15, 0.2) is 0 Å². The molecule has 3 aromatic heterocycles. The van der Waals surface area contributed by atoms with Crippen LogP contribution in [0.15, 0.2) is 51.6 Å². The van der Waals surface area contributed by atoms with Gasteiger partial charge in [-0.1, -0.05) is 12.1 Å². The Morgan fingerprint density at radius 2 is 2.00 bits per heavy atom. The summed E-state index contributed by atoms with van der Waals surface area (Å²) in [5.41, 5.74) is 0. The maximum absolute atomic E-state index is 11.8. The molecular weight excluding hydrogens is 306 g/mol. The van der Waals surface area contributed by atoms with Crippen molar-refractivity contribution in [1.82, 2.24) is 5.32 Å². The number of furan rings is 1. The van der Waals surface area contributed by atoms with Crippen LogP contribution in [0.2, 0.25) is 0 Å². The summed E-state index contributed by atoms with van der Waals surface area (Å²) in [5, 5.41) is 16.6. The first-order valence-electron chi connectivity index (χ1n) is 6.37. The molecule has 0 aliphatic carbocycles. The van der Waals surface area contributed by atoms with E-state index in [2.05, 4.69) is 5.32 Å². The molecule has 0 saturated carbocycles. The average Bonchev–Trinajstić information content (AvgIpc) is 3.25. The van der Waals surface area contributed by atoms with Crippen molar-refractivity contribution in [2.75, 3.05) is 6.54 Å². The third kappa shape index (κ3) is 3.24. The summed E-state index contributed by atoms with van der Waals surface area (Å²) in [6, 6.07) is 11.0. The molecular formula is C15H13NO3S2. The van der Waals surface area contributed by atoms with Crippen LogP contribution in [0.25, 0.3) is 10.6 Å². The van der Waals surface area contributed by atoms with Crippen molar-refractivity contribution in [3.05, 3.63) is 57.8 Å². The lowest BCUT2D eigenvalue weighted by molar-refractivity contribution is 0.0906. The fourth-order valence-corrected chi connectivity index (χ4v) is 3.19. The molecule has 4 nitrogen and oxygen atoms in total. The lowest BCUT2D eigenvalue weighted by atomic mass is 10.2. The van der Waals surface area contributed by atoms with E-state index in [-0.39, 0.29) is 12.5 Å². The Bertz CT molecular complexity index is 701. The fourth-order valence-electron chi connectivity index (χ4n) is 1.87. The lowest BCUT2D eigenvalue weighted by Gasteiger charge is -2.08. The molecule has 0 radical (unpaired) electrons. The predicted molar refractivity (Wildman–Crippen MR) is 83.6 cm³/mol. The molecule has 0 fully saturated rings. The fraction of sp³-hybridized carbons (Fsp3) is 0.133. The Morgan fingerprint density at radius 3 is 2.71 bits per heavy atom. The van der Waals surface area contributed by atoms with Crippen LogP contribution in [-0.2, 0) is 0 Å². The van der Waals surface area contributed by atoms with E-state index in [1.807, 2.05) is 35.0 Å². The molecule has 3 rings (SSSR count). The minimum absolute atomic E-state index is 0.119. The SMILES string of the molecule is O=C(NCC(O)c1ccc(-c2cccs2)o1)c1cccs1. The smallest absolute Gasteiger partial charge is 0.261 e.